The second-order valence-corrected chi connectivity index (χ2v) is 6.18. The van der Waals surface area contributed by atoms with E-state index in [1.165, 1.54) is 5.56 Å². The topological polar surface area (TPSA) is 56.1 Å². The van der Waals surface area contributed by atoms with Crippen LogP contribution in [-0.4, -0.2) is 10.9 Å². The quantitative estimate of drug-likeness (QED) is 0.605. The Morgan fingerprint density at radius 2 is 1.69 bits per heavy atom. The van der Waals surface area contributed by atoms with Crippen LogP contribution >= 0.6 is 0 Å². The number of anilines is 1. The number of rotatable bonds is 3. The van der Waals surface area contributed by atoms with Crippen molar-refractivity contribution < 1.29 is 9.78 Å². The van der Waals surface area contributed by atoms with E-state index in [2.05, 4.69) is 10.3 Å². The molecule has 0 aliphatic heterocycles. The van der Waals surface area contributed by atoms with Crippen molar-refractivity contribution in [2.75, 3.05) is 5.32 Å². The molecule has 4 rings (SSSR count). The molecule has 0 bridgehead atoms. The Kier molecular flexibility index (Phi) is 4.15. The third-order valence-electron chi connectivity index (χ3n) is 4.28. The van der Waals surface area contributed by atoms with Crippen molar-refractivity contribution in [3.8, 4) is 11.3 Å². The molecule has 4 nitrogen and oxygen atoms in total. The van der Waals surface area contributed by atoms with E-state index in [0.717, 1.165) is 27.8 Å². The Bertz CT molecular complexity index is 1070. The first-order valence-corrected chi connectivity index (χ1v) is 8.45. The van der Waals surface area contributed by atoms with Crippen LogP contribution in [0.1, 0.15) is 15.9 Å². The summed E-state index contributed by atoms with van der Waals surface area (Å²) < 4.78 is 0. The lowest BCUT2D eigenvalue weighted by Gasteiger charge is -2.10. The first-order chi connectivity index (χ1) is 12.7. The smallest absolute Gasteiger partial charge is 0.256 e. The number of pyridine rings is 2. The summed E-state index contributed by atoms with van der Waals surface area (Å²) in [6, 6.07) is 21.4. The first kappa shape index (κ1) is 16.0. The normalized spacial score (nSPS) is 10.7. The van der Waals surface area contributed by atoms with Gasteiger partial charge >= 0.3 is 0 Å². The molecule has 1 amide bonds. The third-order valence-corrected chi connectivity index (χ3v) is 4.28. The highest BCUT2D eigenvalue weighted by Gasteiger charge is 2.14. The van der Waals surface area contributed by atoms with E-state index >= 15 is 0 Å². The largest absolute Gasteiger partial charge is 0.322 e. The Morgan fingerprint density at radius 1 is 0.962 bits per heavy atom. The lowest BCUT2D eigenvalue weighted by molar-refractivity contribution is -0.377. The van der Waals surface area contributed by atoms with Crippen molar-refractivity contribution in [3.05, 3.63) is 90.3 Å². The first-order valence-electron chi connectivity index (χ1n) is 8.45. The number of hydrogen-bond acceptors (Lipinski definition) is 2. The van der Waals surface area contributed by atoms with Crippen molar-refractivity contribution in [2.45, 2.75) is 6.92 Å². The van der Waals surface area contributed by atoms with Crippen LogP contribution in [0.5, 0.6) is 0 Å². The van der Waals surface area contributed by atoms with E-state index in [1.54, 1.807) is 12.4 Å². The van der Waals surface area contributed by atoms with Crippen molar-refractivity contribution in [2.24, 2.45) is 0 Å². The summed E-state index contributed by atoms with van der Waals surface area (Å²) in [6.07, 6.45) is 3.55. The number of amides is 1. The minimum atomic E-state index is -0.150. The van der Waals surface area contributed by atoms with E-state index in [-0.39, 0.29) is 5.91 Å². The summed E-state index contributed by atoms with van der Waals surface area (Å²) in [7, 11) is 0. The van der Waals surface area contributed by atoms with Crippen LogP contribution in [0, 0.1) is 6.92 Å². The Morgan fingerprint density at radius 3 is 2.46 bits per heavy atom. The maximum absolute atomic E-state index is 12.9. The number of carbonyl (C=O) groups is 1. The van der Waals surface area contributed by atoms with Crippen LogP contribution in [0.3, 0.4) is 0 Å². The van der Waals surface area contributed by atoms with Gasteiger partial charge in [-0.15, -0.1) is 0 Å². The third kappa shape index (κ3) is 3.17. The van der Waals surface area contributed by atoms with Crippen LogP contribution in [0.15, 0.2) is 79.1 Å². The number of nitrogens with zero attached hydrogens (tertiary/aromatic N) is 1. The second kappa shape index (κ2) is 6.76. The molecule has 0 radical (unpaired) electrons. The van der Waals surface area contributed by atoms with E-state index in [1.807, 2.05) is 73.7 Å². The van der Waals surface area contributed by atoms with Gasteiger partial charge in [-0.3, -0.25) is 4.79 Å². The highest BCUT2D eigenvalue weighted by Crippen LogP contribution is 2.25. The number of fused-ring (bicyclic) bond motifs is 1. The van der Waals surface area contributed by atoms with E-state index in [4.69, 9.17) is 4.98 Å². The molecule has 0 atom stereocenters. The molecule has 2 heterocycles. The number of aromatic nitrogens is 2. The SMILES string of the molecule is Cc1ccc(-c2cc(C(=O)Nc3cc[nH+]cc3)c3ccccc3n2)cc1. The van der Waals surface area contributed by atoms with Crippen molar-refractivity contribution >= 4 is 22.5 Å². The second-order valence-electron chi connectivity index (χ2n) is 6.18. The van der Waals surface area contributed by atoms with Gasteiger partial charge in [0.1, 0.15) is 0 Å². The number of para-hydroxylation sites is 1. The average Bonchev–Trinajstić information content (AvgIpc) is 2.68. The molecule has 126 valence electrons. The van der Waals surface area contributed by atoms with Gasteiger partial charge in [-0.25, -0.2) is 9.97 Å². The number of nitrogens with one attached hydrogen (secondary N) is 2. The number of hydrogen-bond donors (Lipinski definition) is 1. The van der Waals surface area contributed by atoms with Crippen molar-refractivity contribution in [3.63, 3.8) is 0 Å². The molecule has 0 spiro atoms. The highest BCUT2D eigenvalue weighted by atomic mass is 16.1. The van der Waals surface area contributed by atoms with Gasteiger partial charge in [-0.05, 0) is 19.1 Å². The summed E-state index contributed by atoms with van der Waals surface area (Å²) in [5, 5.41) is 3.79. The van der Waals surface area contributed by atoms with Crippen LogP contribution in [0.2, 0.25) is 0 Å². The minimum Gasteiger partial charge on any atom is -0.322 e. The molecule has 0 saturated carbocycles. The van der Waals surface area contributed by atoms with Gasteiger partial charge in [-0.1, -0.05) is 48.0 Å². The van der Waals surface area contributed by atoms with Gasteiger partial charge < -0.3 is 5.32 Å². The van der Waals surface area contributed by atoms with Gasteiger partial charge in [0, 0.05) is 23.1 Å². The van der Waals surface area contributed by atoms with Gasteiger partial charge in [0.05, 0.1) is 22.5 Å². The van der Waals surface area contributed by atoms with E-state index < -0.39 is 0 Å². The molecular formula is C22H18N3O+. The molecule has 0 fully saturated rings. The van der Waals surface area contributed by atoms with Gasteiger partial charge in [0.25, 0.3) is 5.91 Å². The van der Waals surface area contributed by atoms with E-state index in [9.17, 15) is 4.79 Å². The number of aryl methyl sites for hydroxylation is 1. The van der Waals surface area contributed by atoms with E-state index in [0.29, 0.717) is 5.56 Å². The fourth-order valence-electron chi connectivity index (χ4n) is 2.90. The average molecular weight is 340 g/mol. The number of H-pyrrole nitrogens is 1. The lowest BCUT2D eigenvalue weighted by Crippen LogP contribution is -2.14. The maximum atomic E-state index is 12.9. The summed E-state index contributed by atoms with van der Waals surface area (Å²) >= 11 is 0. The Hall–Kier alpha value is -3.53. The van der Waals surface area contributed by atoms with Crippen molar-refractivity contribution in [1.29, 1.82) is 0 Å². The number of aromatic amines is 1. The highest BCUT2D eigenvalue weighted by molar-refractivity contribution is 6.13. The number of carbonyl (C=O) groups excluding carboxylic acids is 1. The predicted molar refractivity (Wildman–Crippen MR) is 103 cm³/mol. The van der Waals surface area contributed by atoms with Crippen LogP contribution in [0.4, 0.5) is 5.69 Å². The zero-order valence-corrected chi connectivity index (χ0v) is 14.4. The summed E-state index contributed by atoms with van der Waals surface area (Å²) in [6.45, 7) is 2.05. The van der Waals surface area contributed by atoms with Gasteiger partial charge in [-0.2, -0.15) is 0 Å². The van der Waals surface area contributed by atoms with Crippen molar-refractivity contribution in [1.82, 2.24) is 4.98 Å². The van der Waals surface area contributed by atoms with Gasteiger partial charge in [0.15, 0.2) is 12.4 Å². The molecule has 0 aliphatic carbocycles. The maximum Gasteiger partial charge on any atom is 0.256 e. The van der Waals surface area contributed by atoms with Gasteiger partial charge in [0.2, 0.25) is 0 Å². The molecule has 0 unspecified atom stereocenters. The fourth-order valence-corrected chi connectivity index (χ4v) is 2.90. The molecule has 4 aromatic rings. The fraction of sp³-hybridized carbons (Fsp3) is 0.0455. The summed E-state index contributed by atoms with van der Waals surface area (Å²) in [5.41, 5.74) is 5.12. The van der Waals surface area contributed by atoms with Crippen LogP contribution < -0.4 is 10.3 Å². The van der Waals surface area contributed by atoms with Crippen LogP contribution in [-0.2, 0) is 0 Å². The lowest BCUT2D eigenvalue weighted by atomic mass is 10.0. The molecule has 26 heavy (non-hydrogen) atoms. The zero-order valence-electron chi connectivity index (χ0n) is 14.4. The number of benzene rings is 2. The predicted octanol–water partition coefficient (Wildman–Crippen LogP) is 4.28. The monoisotopic (exact) mass is 340 g/mol. The molecule has 0 saturated heterocycles. The summed E-state index contributed by atoms with van der Waals surface area (Å²) in [5.74, 6) is -0.150. The molecule has 2 N–H and O–H groups in total. The molecule has 4 heteroatoms. The Labute approximate surface area is 151 Å². The standard InChI is InChI=1S/C22H17N3O/c1-15-6-8-16(9-7-15)21-14-19(18-4-2-3-5-20(18)25-21)22(26)24-17-10-12-23-13-11-17/h2-14H,1H3,(H,23,24,26)/p+1. The molecule has 2 aromatic carbocycles. The zero-order chi connectivity index (χ0) is 17.9. The molecule has 2 aromatic heterocycles. The molecular weight excluding hydrogens is 322 g/mol. The van der Waals surface area contributed by atoms with Crippen LogP contribution in [0.25, 0.3) is 22.2 Å². The Balaban J connectivity index is 1.82. The summed E-state index contributed by atoms with van der Waals surface area (Å²) in [4.78, 5) is 20.6. The molecule has 0 aliphatic rings. The minimum absolute atomic E-state index is 0.150.